The zero-order valence-electron chi connectivity index (χ0n) is 4.66. The van der Waals surface area contributed by atoms with E-state index in [4.69, 9.17) is 0 Å². The molecule has 1 saturated heterocycles. The molecule has 1 rings (SSSR count). The first-order valence-electron chi connectivity index (χ1n) is 2.65. The Morgan fingerprint density at radius 2 is 2.25 bits per heavy atom. The van der Waals surface area contributed by atoms with Gasteiger partial charge < -0.3 is 0 Å². The Morgan fingerprint density at radius 1 is 1.62 bits per heavy atom. The predicted molar refractivity (Wildman–Crippen MR) is 31.2 cm³/mol. The SMILES string of the molecule is CC1CCSC1(F)F. The number of hydrogen-bond donors (Lipinski definition) is 0. The van der Waals surface area contributed by atoms with Gasteiger partial charge in [-0.1, -0.05) is 18.7 Å². The quantitative estimate of drug-likeness (QED) is 0.495. The monoisotopic (exact) mass is 138 g/mol. The maximum Gasteiger partial charge on any atom is 0.296 e. The molecule has 0 saturated carbocycles. The van der Waals surface area contributed by atoms with Crippen LogP contribution in [0.2, 0.25) is 0 Å². The maximum atomic E-state index is 12.3. The summed E-state index contributed by atoms with van der Waals surface area (Å²) in [5.74, 6) is 0.209. The summed E-state index contributed by atoms with van der Waals surface area (Å²) in [6.45, 7) is 1.60. The van der Waals surface area contributed by atoms with Gasteiger partial charge in [0.05, 0.1) is 0 Å². The van der Waals surface area contributed by atoms with Crippen molar-refractivity contribution >= 4 is 11.8 Å². The minimum atomic E-state index is -2.43. The van der Waals surface area contributed by atoms with Crippen molar-refractivity contribution < 1.29 is 8.78 Å². The van der Waals surface area contributed by atoms with E-state index < -0.39 is 11.2 Å². The second-order valence-electron chi connectivity index (χ2n) is 2.10. The van der Waals surface area contributed by atoms with Crippen LogP contribution in [0.1, 0.15) is 13.3 Å². The summed E-state index contributed by atoms with van der Waals surface area (Å²) in [5.41, 5.74) is 0. The first-order valence-corrected chi connectivity index (χ1v) is 3.63. The first kappa shape index (κ1) is 6.33. The van der Waals surface area contributed by atoms with Crippen LogP contribution in [-0.4, -0.2) is 11.0 Å². The summed E-state index contributed by atoms with van der Waals surface area (Å²) < 4.78 is 24.6. The van der Waals surface area contributed by atoms with Crippen LogP contribution in [0.4, 0.5) is 8.78 Å². The van der Waals surface area contributed by atoms with Crippen molar-refractivity contribution in [3.8, 4) is 0 Å². The van der Waals surface area contributed by atoms with Crippen LogP contribution in [-0.2, 0) is 0 Å². The van der Waals surface area contributed by atoms with E-state index in [0.29, 0.717) is 12.2 Å². The Kier molecular flexibility index (Phi) is 1.48. The van der Waals surface area contributed by atoms with Gasteiger partial charge in [-0.25, -0.2) is 0 Å². The average Bonchev–Trinajstić information content (AvgIpc) is 1.86. The molecule has 1 unspecified atom stereocenters. The van der Waals surface area contributed by atoms with Crippen molar-refractivity contribution in [3.63, 3.8) is 0 Å². The van der Waals surface area contributed by atoms with Crippen LogP contribution in [0.5, 0.6) is 0 Å². The summed E-state index contributed by atoms with van der Waals surface area (Å²) >= 11 is 0.774. The smallest absolute Gasteiger partial charge is 0.194 e. The Balaban J connectivity index is 2.54. The first-order chi connectivity index (χ1) is 3.63. The fourth-order valence-corrected chi connectivity index (χ4v) is 1.83. The van der Waals surface area contributed by atoms with Gasteiger partial charge >= 0.3 is 0 Å². The summed E-state index contributed by atoms with van der Waals surface area (Å²) in [5, 5.41) is -2.43. The van der Waals surface area contributed by atoms with Gasteiger partial charge in [-0.3, -0.25) is 0 Å². The van der Waals surface area contributed by atoms with Gasteiger partial charge in [-0.15, -0.1) is 0 Å². The molecular weight excluding hydrogens is 130 g/mol. The van der Waals surface area contributed by atoms with E-state index in [2.05, 4.69) is 0 Å². The van der Waals surface area contributed by atoms with Gasteiger partial charge in [0, 0.05) is 5.92 Å². The molecular formula is C5H8F2S. The maximum absolute atomic E-state index is 12.3. The highest BCUT2D eigenvalue weighted by Gasteiger charge is 2.41. The summed E-state index contributed by atoms with van der Waals surface area (Å²) in [4.78, 5) is 0. The van der Waals surface area contributed by atoms with Gasteiger partial charge in [0.15, 0.2) is 0 Å². The van der Waals surface area contributed by atoms with Crippen LogP contribution in [0, 0.1) is 5.92 Å². The second kappa shape index (κ2) is 1.87. The van der Waals surface area contributed by atoms with Gasteiger partial charge in [0.25, 0.3) is 5.25 Å². The molecule has 0 aromatic carbocycles. The summed E-state index contributed by atoms with van der Waals surface area (Å²) in [7, 11) is 0. The van der Waals surface area contributed by atoms with Crippen LogP contribution in [0.3, 0.4) is 0 Å². The zero-order valence-corrected chi connectivity index (χ0v) is 5.47. The van der Waals surface area contributed by atoms with E-state index in [1.54, 1.807) is 6.92 Å². The highest BCUT2D eigenvalue weighted by atomic mass is 32.2. The molecule has 0 nitrogen and oxygen atoms in total. The Bertz CT molecular complexity index is 92.4. The topological polar surface area (TPSA) is 0 Å². The molecule has 1 aliphatic rings. The Morgan fingerprint density at radius 3 is 2.38 bits per heavy atom. The van der Waals surface area contributed by atoms with E-state index in [1.807, 2.05) is 0 Å². The highest BCUT2D eigenvalue weighted by molar-refractivity contribution is 8.00. The normalized spacial score (nSPS) is 35.6. The van der Waals surface area contributed by atoms with E-state index in [-0.39, 0.29) is 0 Å². The molecule has 1 heterocycles. The molecule has 1 fully saturated rings. The van der Waals surface area contributed by atoms with Crippen molar-refractivity contribution in [2.75, 3.05) is 5.75 Å². The molecule has 0 radical (unpaired) electrons. The van der Waals surface area contributed by atoms with Crippen molar-refractivity contribution in [2.45, 2.75) is 18.6 Å². The minimum absolute atomic E-state index is 0.410. The zero-order chi connectivity index (χ0) is 6.20. The van der Waals surface area contributed by atoms with Crippen LogP contribution in [0.25, 0.3) is 0 Å². The lowest BCUT2D eigenvalue weighted by Crippen LogP contribution is -2.14. The highest BCUT2D eigenvalue weighted by Crippen LogP contribution is 2.44. The lowest BCUT2D eigenvalue weighted by atomic mass is 10.1. The van der Waals surface area contributed by atoms with Crippen molar-refractivity contribution in [1.82, 2.24) is 0 Å². The molecule has 48 valence electrons. The molecule has 1 aliphatic heterocycles. The minimum Gasteiger partial charge on any atom is -0.194 e. The van der Waals surface area contributed by atoms with Gasteiger partial charge in [-0.2, -0.15) is 8.78 Å². The summed E-state index contributed by atoms with van der Waals surface area (Å²) in [6.07, 6.45) is 0.664. The molecule has 1 atom stereocenters. The largest absolute Gasteiger partial charge is 0.296 e. The van der Waals surface area contributed by atoms with Gasteiger partial charge in [0.1, 0.15) is 0 Å². The standard InChI is InChI=1S/C5H8F2S/c1-4-2-3-8-5(4,6)7/h4H,2-3H2,1H3. The number of hydrogen-bond acceptors (Lipinski definition) is 1. The molecule has 3 heteroatoms. The third-order valence-electron chi connectivity index (χ3n) is 1.42. The molecule has 0 aromatic heterocycles. The van der Waals surface area contributed by atoms with Crippen molar-refractivity contribution in [3.05, 3.63) is 0 Å². The van der Waals surface area contributed by atoms with Gasteiger partial charge in [0.2, 0.25) is 0 Å². The van der Waals surface area contributed by atoms with E-state index in [9.17, 15) is 8.78 Å². The lowest BCUT2D eigenvalue weighted by Gasteiger charge is -2.11. The fourth-order valence-electron chi connectivity index (χ4n) is 0.682. The van der Waals surface area contributed by atoms with E-state index >= 15 is 0 Å². The lowest BCUT2D eigenvalue weighted by molar-refractivity contribution is 0.0548. The molecule has 0 bridgehead atoms. The van der Waals surface area contributed by atoms with Crippen LogP contribution >= 0.6 is 11.8 Å². The second-order valence-corrected chi connectivity index (χ2v) is 3.34. The van der Waals surface area contributed by atoms with Crippen LogP contribution < -0.4 is 0 Å². The molecule has 0 spiro atoms. The van der Waals surface area contributed by atoms with Gasteiger partial charge in [-0.05, 0) is 12.2 Å². The summed E-state index contributed by atoms with van der Waals surface area (Å²) in [6, 6.07) is 0. The third-order valence-corrected chi connectivity index (χ3v) is 2.65. The number of thioether (sulfide) groups is 1. The Hall–Kier alpha value is 0.210. The molecule has 0 N–H and O–H groups in total. The molecule has 0 aliphatic carbocycles. The molecule has 0 aromatic rings. The van der Waals surface area contributed by atoms with Crippen molar-refractivity contribution in [2.24, 2.45) is 5.92 Å². The van der Waals surface area contributed by atoms with Crippen molar-refractivity contribution in [1.29, 1.82) is 0 Å². The molecule has 8 heavy (non-hydrogen) atoms. The van der Waals surface area contributed by atoms with Crippen LogP contribution in [0.15, 0.2) is 0 Å². The number of rotatable bonds is 0. The molecule has 0 amide bonds. The fraction of sp³-hybridized carbons (Fsp3) is 1.00. The number of halogens is 2. The third kappa shape index (κ3) is 0.966. The van der Waals surface area contributed by atoms with E-state index in [1.165, 1.54) is 0 Å². The van der Waals surface area contributed by atoms with E-state index in [0.717, 1.165) is 11.8 Å². The number of alkyl halides is 2. The predicted octanol–water partition coefficient (Wildman–Crippen LogP) is 2.35. The Labute approximate surface area is 51.6 Å². The average molecular weight is 138 g/mol.